The standard InChI is InChI=1S/C16H18N2O6/c1-9(16(21)22)17-14(19)11-3-2-6-18(11)15(20)10-4-5-12-13(7-10)24-8-23-12/h4-5,7,9,11H,2-3,6,8H2,1H3,(H,17,19)(H,21,22). The van der Waals surface area contributed by atoms with Gasteiger partial charge in [-0.05, 0) is 38.0 Å². The number of benzene rings is 1. The van der Waals surface area contributed by atoms with Gasteiger partial charge in [0.2, 0.25) is 12.7 Å². The predicted molar refractivity (Wildman–Crippen MR) is 81.9 cm³/mol. The van der Waals surface area contributed by atoms with Crippen LogP contribution in [0, 0.1) is 0 Å². The molecule has 1 saturated heterocycles. The van der Waals surface area contributed by atoms with Crippen LogP contribution in [0.15, 0.2) is 18.2 Å². The highest BCUT2D eigenvalue weighted by molar-refractivity contribution is 5.99. The second-order valence-electron chi connectivity index (χ2n) is 5.79. The van der Waals surface area contributed by atoms with Gasteiger partial charge in [-0.3, -0.25) is 14.4 Å². The van der Waals surface area contributed by atoms with Crippen LogP contribution in [0.3, 0.4) is 0 Å². The van der Waals surface area contributed by atoms with Crippen molar-refractivity contribution in [2.75, 3.05) is 13.3 Å². The van der Waals surface area contributed by atoms with Crippen molar-refractivity contribution >= 4 is 17.8 Å². The normalized spacial score (nSPS) is 19.9. The number of nitrogens with zero attached hydrogens (tertiary/aromatic N) is 1. The van der Waals surface area contributed by atoms with E-state index in [-0.39, 0.29) is 12.7 Å². The molecule has 3 rings (SSSR count). The topological polar surface area (TPSA) is 105 Å². The summed E-state index contributed by atoms with van der Waals surface area (Å²) in [5.74, 6) is -0.765. The first-order chi connectivity index (χ1) is 11.5. The molecule has 0 radical (unpaired) electrons. The molecule has 128 valence electrons. The SMILES string of the molecule is CC(NC(=O)C1CCCN1C(=O)c1ccc2c(c1)OCO2)C(=O)O. The van der Waals surface area contributed by atoms with Crippen LogP contribution in [-0.4, -0.2) is 53.2 Å². The lowest BCUT2D eigenvalue weighted by atomic mass is 10.1. The van der Waals surface area contributed by atoms with E-state index in [1.165, 1.54) is 11.8 Å². The fraction of sp³-hybridized carbons (Fsp3) is 0.438. The smallest absolute Gasteiger partial charge is 0.325 e. The second kappa shape index (κ2) is 6.38. The lowest BCUT2D eigenvalue weighted by Gasteiger charge is -2.25. The van der Waals surface area contributed by atoms with Crippen LogP contribution in [0.5, 0.6) is 11.5 Å². The van der Waals surface area contributed by atoms with Crippen molar-refractivity contribution in [1.29, 1.82) is 0 Å². The zero-order valence-corrected chi connectivity index (χ0v) is 13.2. The highest BCUT2D eigenvalue weighted by Crippen LogP contribution is 2.33. The highest BCUT2D eigenvalue weighted by atomic mass is 16.7. The maximum atomic E-state index is 12.7. The molecule has 2 unspecified atom stereocenters. The van der Waals surface area contributed by atoms with E-state index >= 15 is 0 Å². The summed E-state index contributed by atoms with van der Waals surface area (Å²) in [4.78, 5) is 37.3. The van der Waals surface area contributed by atoms with E-state index in [2.05, 4.69) is 5.32 Å². The third kappa shape index (κ3) is 2.99. The summed E-state index contributed by atoms with van der Waals surface area (Å²) in [6.07, 6.45) is 1.20. The molecule has 8 nitrogen and oxygen atoms in total. The number of ether oxygens (including phenoxy) is 2. The Morgan fingerprint density at radius 2 is 2.04 bits per heavy atom. The summed E-state index contributed by atoms with van der Waals surface area (Å²) in [5, 5.41) is 11.3. The van der Waals surface area contributed by atoms with Crippen LogP contribution in [0.4, 0.5) is 0 Å². The molecule has 0 aromatic heterocycles. The average Bonchev–Trinajstić information content (AvgIpc) is 3.22. The van der Waals surface area contributed by atoms with E-state index in [1.807, 2.05) is 0 Å². The van der Waals surface area contributed by atoms with E-state index in [0.29, 0.717) is 36.4 Å². The number of hydrogen-bond donors (Lipinski definition) is 2. The lowest BCUT2D eigenvalue weighted by Crippen LogP contribution is -2.50. The molecular formula is C16H18N2O6. The Morgan fingerprint density at radius 1 is 1.29 bits per heavy atom. The number of hydrogen-bond acceptors (Lipinski definition) is 5. The van der Waals surface area contributed by atoms with Crippen molar-refractivity contribution in [2.24, 2.45) is 0 Å². The first-order valence-electron chi connectivity index (χ1n) is 7.71. The number of fused-ring (bicyclic) bond motifs is 1. The molecule has 0 spiro atoms. The maximum Gasteiger partial charge on any atom is 0.325 e. The number of carbonyl (C=O) groups excluding carboxylic acids is 2. The summed E-state index contributed by atoms with van der Waals surface area (Å²) < 4.78 is 10.5. The van der Waals surface area contributed by atoms with Crippen LogP contribution in [0.1, 0.15) is 30.1 Å². The molecule has 1 aromatic carbocycles. The van der Waals surface area contributed by atoms with Gasteiger partial charge in [0.25, 0.3) is 5.91 Å². The van der Waals surface area contributed by atoms with Crippen LogP contribution in [0.25, 0.3) is 0 Å². The Kier molecular flexibility index (Phi) is 4.28. The van der Waals surface area contributed by atoms with Crippen LogP contribution >= 0.6 is 0 Å². The third-order valence-electron chi connectivity index (χ3n) is 4.17. The maximum absolute atomic E-state index is 12.7. The summed E-state index contributed by atoms with van der Waals surface area (Å²) in [5.41, 5.74) is 0.408. The Labute approximate surface area is 138 Å². The molecule has 2 aliphatic rings. The van der Waals surface area contributed by atoms with E-state index in [9.17, 15) is 14.4 Å². The first kappa shape index (κ1) is 16.1. The van der Waals surface area contributed by atoms with Crippen molar-refractivity contribution in [1.82, 2.24) is 10.2 Å². The van der Waals surface area contributed by atoms with Gasteiger partial charge in [0.1, 0.15) is 12.1 Å². The van der Waals surface area contributed by atoms with Crippen molar-refractivity contribution in [3.8, 4) is 11.5 Å². The summed E-state index contributed by atoms with van der Waals surface area (Å²) in [7, 11) is 0. The van der Waals surface area contributed by atoms with Crippen molar-refractivity contribution in [3.05, 3.63) is 23.8 Å². The summed E-state index contributed by atoms with van der Waals surface area (Å²) in [6.45, 7) is 1.96. The van der Waals surface area contributed by atoms with Gasteiger partial charge in [0.15, 0.2) is 11.5 Å². The molecule has 2 heterocycles. The molecule has 0 saturated carbocycles. The van der Waals surface area contributed by atoms with E-state index in [4.69, 9.17) is 14.6 Å². The zero-order chi connectivity index (χ0) is 17.3. The molecule has 0 bridgehead atoms. The van der Waals surface area contributed by atoms with Crippen molar-refractivity contribution in [3.63, 3.8) is 0 Å². The van der Waals surface area contributed by atoms with Gasteiger partial charge in [0, 0.05) is 12.1 Å². The zero-order valence-electron chi connectivity index (χ0n) is 13.2. The molecule has 24 heavy (non-hydrogen) atoms. The second-order valence-corrected chi connectivity index (χ2v) is 5.79. The van der Waals surface area contributed by atoms with Crippen LogP contribution in [0.2, 0.25) is 0 Å². The highest BCUT2D eigenvalue weighted by Gasteiger charge is 2.36. The molecule has 1 fully saturated rings. The summed E-state index contributed by atoms with van der Waals surface area (Å²) >= 11 is 0. The largest absolute Gasteiger partial charge is 0.480 e. The Bertz CT molecular complexity index is 689. The third-order valence-corrected chi connectivity index (χ3v) is 4.17. The number of carboxylic acids is 1. The van der Waals surface area contributed by atoms with E-state index in [0.717, 1.165) is 0 Å². The number of amides is 2. The molecular weight excluding hydrogens is 316 g/mol. The molecule has 2 atom stereocenters. The van der Waals surface area contributed by atoms with Gasteiger partial charge >= 0.3 is 5.97 Å². The average molecular weight is 334 g/mol. The van der Waals surface area contributed by atoms with Crippen molar-refractivity contribution < 1.29 is 29.0 Å². The number of carbonyl (C=O) groups is 3. The predicted octanol–water partition coefficient (Wildman–Crippen LogP) is 0.609. The number of rotatable bonds is 4. The molecule has 2 N–H and O–H groups in total. The fourth-order valence-electron chi connectivity index (χ4n) is 2.85. The van der Waals surface area contributed by atoms with E-state index < -0.39 is 24.0 Å². The quantitative estimate of drug-likeness (QED) is 0.836. The lowest BCUT2D eigenvalue weighted by molar-refractivity contribution is -0.141. The summed E-state index contributed by atoms with van der Waals surface area (Å²) in [6, 6.07) is 3.22. The minimum atomic E-state index is -1.12. The number of carboxylic acid groups (broad SMARTS) is 1. The number of aliphatic carboxylic acids is 1. The van der Waals surface area contributed by atoms with Crippen LogP contribution < -0.4 is 14.8 Å². The number of nitrogens with one attached hydrogen (secondary N) is 1. The minimum absolute atomic E-state index is 0.120. The fourth-order valence-corrected chi connectivity index (χ4v) is 2.85. The first-order valence-corrected chi connectivity index (χ1v) is 7.71. The molecule has 1 aromatic rings. The Hall–Kier alpha value is -2.77. The molecule has 8 heteroatoms. The molecule has 0 aliphatic carbocycles. The van der Waals surface area contributed by atoms with Crippen LogP contribution in [-0.2, 0) is 9.59 Å². The monoisotopic (exact) mass is 334 g/mol. The molecule has 2 amide bonds. The van der Waals surface area contributed by atoms with Gasteiger partial charge in [-0.1, -0.05) is 0 Å². The number of likely N-dealkylation sites (tertiary alicyclic amines) is 1. The van der Waals surface area contributed by atoms with Gasteiger partial charge in [-0.15, -0.1) is 0 Å². The Balaban J connectivity index is 1.74. The van der Waals surface area contributed by atoms with E-state index in [1.54, 1.807) is 18.2 Å². The van der Waals surface area contributed by atoms with Gasteiger partial charge in [-0.2, -0.15) is 0 Å². The Morgan fingerprint density at radius 3 is 2.79 bits per heavy atom. The van der Waals surface area contributed by atoms with Gasteiger partial charge < -0.3 is 24.8 Å². The van der Waals surface area contributed by atoms with Crippen molar-refractivity contribution in [2.45, 2.75) is 31.8 Å². The minimum Gasteiger partial charge on any atom is -0.480 e. The molecule has 2 aliphatic heterocycles. The van der Waals surface area contributed by atoms with Gasteiger partial charge in [-0.25, -0.2) is 0 Å². The van der Waals surface area contributed by atoms with Gasteiger partial charge in [0.05, 0.1) is 0 Å².